The second-order valence-electron chi connectivity index (χ2n) is 8.65. The number of aromatic hydroxyl groups is 1. The Kier molecular flexibility index (Phi) is 5.83. The van der Waals surface area contributed by atoms with Gasteiger partial charge in [0.25, 0.3) is 0 Å². The van der Waals surface area contributed by atoms with Crippen molar-refractivity contribution >= 4 is 27.9 Å². The average molecular weight is 484 g/mol. The van der Waals surface area contributed by atoms with E-state index in [0.29, 0.717) is 44.4 Å². The van der Waals surface area contributed by atoms with Gasteiger partial charge in [-0.05, 0) is 54.8 Å². The number of phenolic OH excluding ortho intramolecular Hbond substituents is 1. The van der Waals surface area contributed by atoms with Crippen molar-refractivity contribution in [3.8, 4) is 17.1 Å². The first-order chi connectivity index (χ1) is 17.3. The largest absolute Gasteiger partial charge is 0.505 e. The minimum atomic E-state index is -1.41. The molecule has 1 atom stereocenters. The maximum Gasteiger partial charge on any atom is 0.186 e. The van der Waals surface area contributed by atoms with E-state index >= 15 is 0 Å². The normalized spacial score (nSPS) is 12.3. The monoisotopic (exact) mass is 483 g/mol. The van der Waals surface area contributed by atoms with Crippen LogP contribution in [0, 0.1) is 6.92 Å². The molecule has 36 heavy (non-hydrogen) atoms. The molecule has 1 unspecified atom stereocenters. The Hall–Kier alpha value is -4.41. The Balaban J connectivity index is 1.80. The van der Waals surface area contributed by atoms with Crippen LogP contribution in [0.15, 0.2) is 60.7 Å². The van der Waals surface area contributed by atoms with Crippen molar-refractivity contribution in [2.45, 2.75) is 32.9 Å². The van der Waals surface area contributed by atoms with Crippen molar-refractivity contribution in [2.24, 2.45) is 5.73 Å². The molecule has 0 fully saturated rings. The SMILES string of the molecule is C=C(C)C(=O)C(O)Cc1c(CN)c(-n2nc3ccccc3n2)c(C)c(O)c1-n1nc2ccccc2n1. The van der Waals surface area contributed by atoms with E-state index in [2.05, 4.69) is 27.0 Å². The molecule has 0 bridgehead atoms. The predicted molar refractivity (Wildman–Crippen MR) is 135 cm³/mol. The number of phenols is 1. The summed E-state index contributed by atoms with van der Waals surface area (Å²) < 4.78 is 0. The minimum absolute atomic E-state index is 0.0193. The summed E-state index contributed by atoms with van der Waals surface area (Å²) in [6.07, 6.45) is -1.55. The third-order valence-electron chi connectivity index (χ3n) is 6.17. The number of ketones is 1. The van der Waals surface area contributed by atoms with Gasteiger partial charge in [-0.3, -0.25) is 4.79 Å². The van der Waals surface area contributed by atoms with Crippen molar-refractivity contribution in [1.29, 1.82) is 0 Å². The third-order valence-corrected chi connectivity index (χ3v) is 6.17. The molecule has 10 heteroatoms. The van der Waals surface area contributed by atoms with Crippen molar-refractivity contribution in [2.75, 3.05) is 0 Å². The first-order valence-corrected chi connectivity index (χ1v) is 11.4. The van der Waals surface area contributed by atoms with Crippen LogP contribution in [0.5, 0.6) is 5.75 Å². The molecule has 5 aromatic rings. The molecule has 0 aliphatic heterocycles. The highest BCUT2D eigenvalue weighted by Crippen LogP contribution is 2.38. The molecule has 4 N–H and O–H groups in total. The number of aliphatic hydroxyl groups is 1. The molecule has 10 nitrogen and oxygen atoms in total. The average Bonchev–Trinajstić information content (AvgIpc) is 3.49. The second kappa shape index (κ2) is 8.99. The van der Waals surface area contributed by atoms with Crippen LogP contribution in [0.1, 0.15) is 23.6 Å². The van der Waals surface area contributed by atoms with Crippen LogP contribution in [0.2, 0.25) is 0 Å². The topological polar surface area (TPSA) is 145 Å². The Morgan fingerprint density at radius 2 is 1.36 bits per heavy atom. The highest BCUT2D eigenvalue weighted by molar-refractivity contribution is 5.97. The van der Waals surface area contributed by atoms with E-state index in [1.807, 2.05) is 36.4 Å². The summed E-state index contributed by atoms with van der Waals surface area (Å²) in [5.74, 6) is -0.638. The minimum Gasteiger partial charge on any atom is -0.505 e. The molecule has 2 aromatic heterocycles. The number of carbonyl (C=O) groups is 1. The number of aromatic nitrogens is 6. The van der Waals surface area contributed by atoms with Gasteiger partial charge in [0, 0.05) is 18.5 Å². The van der Waals surface area contributed by atoms with E-state index in [0.717, 1.165) is 0 Å². The Bertz CT molecular complexity index is 1580. The smallest absolute Gasteiger partial charge is 0.186 e. The highest BCUT2D eigenvalue weighted by atomic mass is 16.3. The van der Waals surface area contributed by atoms with Crippen LogP contribution in [-0.4, -0.2) is 52.1 Å². The number of hydrogen-bond acceptors (Lipinski definition) is 8. The molecule has 182 valence electrons. The standard InChI is InChI=1S/C26H25N7O3/c1-14(2)25(35)22(34)12-16-17(13-27)23(32-28-18-8-4-5-9-19(18)29-32)15(3)26(36)24(16)33-30-20-10-6-7-11-21(20)31-33/h4-11,22,34,36H,1,12-13,27H2,2-3H3. The number of benzene rings is 3. The van der Waals surface area contributed by atoms with Gasteiger partial charge >= 0.3 is 0 Å². The molecular formula is C26H25N7O3. The number of nitrogens with two attached hydrogens (primary N) is 1. The van der Waals surface area contributed by atoms with Crippen molar-refractivity contribution in [3.05, 3.63) is 77.4 Å². The molecule has 0 aliphatic rings. The lowest BCUT2D eigenvalue weighted by atomic mass is 9.92. The lowest BCUT2D eigenvalue weighted by Crippen LogP contribution is -2.26. The second-order valence-corrected chi connectivity index (χ2v) is 8.65. The van der Waals surface area contributed by atoms with E-state index in [1.165, 1.54) is 16.5 Å². The quantitative estimate of drug-likeness (QED) is 0.300. The Morgan fingerprint density at radius 3 is 1.78 bits per heavy atom. The maximum absolute atomic E-state index is 12.5. The molecule has 0 saturated heterocycles. The summed E-state index contributed by atoms with van der Waals surface area (Å²) in [5, 5.41) is 40.4. The van der Waals surface area contributed by atoms with Crippen LogP contribution >= 0.6 is 0 Å². The van der Waals surface area contributed by atoms with Gasteiger partial charge in [0.05, 0.1) is 5.69 Å². The van der Waals surface area contributed by atoms with E-state index in [-0.39, 0.29) is 30.0 Å². The molecule has 5 rings (SSSR count). The Morgan fingerprint density at radius 1 is 0.917 bits per heavy atom. The van der Waals surface area contributed by atoms with Crippen LogP contribution in [0.4, 0.5) is 0 Å². The Labute approximate surface area is 206 Å². The van der Waals surface area contributed by atoms with Crippen molar-refractivity contribution in [1.82, 2.24) is 30.0 Å². The van der Waals surface area contributed by atoms with Crippen molar-refractivity contribution < 1.29 is 15.0 Å². The van der Waals surface area contributed by atoms with Gasteiger partial charge in [0.2, 0.25) is 0 Å². The molecule has 0 saturated carbocycles. The zero-order chi connectivity index (χ0) is 25.6. The van der Waals surface area contributed by atoms with Crippen LogP contribution in [-0.2, 0) is 17.8 Å². The predicted octanol–water partition coefficient (Wildman–Crippen LogP) is 2.68. The first kappa shape index (κ1) is 23.3. The van der Waals surface area contributed by atoms with Gasteiger partial charge < -0.3 is 15.9 Å². The summed E-state index contributed by atoms with van der Waals surface area (Å²) >= 11 is 0. The van der Waals surface area contributed by atoms with Gasteiger partial charge in [-0.25, -0.2) is 0 Å². The number of rotatable bonds is 7. The fourth-order valence-corrected chi connectivity index (χ4v) is 4.36. The molecule has 3 aromatic carbocycles. The summed E-state index contributed by atoms with van der Waals surface area (Å²) in [7, 11) is 0. The fraction of sp³-hybridized carbons (Fsp3) is 0.192. The van der Waals surface area contributed by atoms with Gasteiger partial charge in [0.1, 0.15) is 39.6 Å². The zero-order valence-electron chi connectivity index (χ0n) is 19.9. The van der Waals surface area contributed by atoms with E-state index in [9.17, 15) is 15.0 Å². The fourth-order valence-electron chi connectivity index (χ4n) is 4.36. The molecule has 0 radical (unpaired) electrons. The van der Waals surface area contributed by atoms with E-state index in [1.54, 1.807) is 19.1 Å². The van der Waals surface area contributed by atoms with E-state index < -0.39 is 11.9 Å². The van der Waals surface area contributed by atoms with Crippen LogP contribution in [0.3, 0.4) is 0 Å². The molecule has 2 heterocycles. The van der Waals surface area contributed by atoms with Crippen LogP contribution < -0.4 is 5.73 Å². The zero-order valence-corrected chi connectivity index (χ0v) is 19.9. The van der Waals surface area contributed by atoms with E-state index in [4.69, 9.17) is 5.73 Å². The lowest BCUT2D eigenvalue weighted by Gasteiger charge is -2.22. The highest BCUT2D eigenvalue weighted by Gasteiger charge is 2.29. The van der Waals surface area contributed by atoms with Gasteiger partial charge in [-0.1, -0.05) is 30.8 Å². The third kappa shape index (κ3) is 3.82. The van der Waals surface area contributed by atoms with Crippen LogP contribution in [0.25, 0.3) is 33.4 Å². The summed E-state index contributed by atoms with van der Waals surface area (Å²) in [5.41, 5.74) is 11.2. The van der Waals surface area contributed by atoms with Crippen molar-refractivity contribution in [3.63, 3.8) is 0 Å². The number of Topliss-reactive ketones (excluding diaryl/α,β-unsaturated/α-hetero) is 1. The molecule has 0 spiro atoms. The van der Waals surface area contributed by atoms with Gasteiger partial charge in [-0.15, -0.1) is 30.0 Å². The number of hydrogen-bond donors (Lipinski definition) is 3. The number of carbonyl (C=O) groups excluding carboxylic acids is 1. The lowest BCUT2D eigenvalue weighted by molar-refractivity contribution is -0.123. The van der Waals surface area contributed by atoms with Gasteiger partial charge in [-0.2, -0.15) is 0 Å². The molecule has 0 aliphatic carbocycles. The summed E-state index contributed by atoms with van der Waals surface area (Å²) in [4.78, 5) is 15.3. The number of nitrogens with zero attached hydrogens (tertiary/aromatic N) is 6. The maximum atomic E-state index is 12.5. The summed E-state index contributed by atoms with van der Waals surface area (Å²) in [6.45, 7) is 6.94. The molecular weight excluding hydrogens is 458 g/mol. The first-order valence-electron chi connectivity index (χ1n) is 11.4. The molecule has 0 amide bonds. The van der Waals surface area contributed by atoms with Gasteiger partial charge in [0.15, 0.2) is 5.78 Å². The number of aliphatic hydroxyl groups excluding tert-OH is 1. The number of fused-ring (bicyclic) bond motifs is 2. The summed E-state index contributed by atoms with van der Waals surface area (Å²) in [6, 6.07) is 14.7.